The molecule has 2 aromatic carbocycles. The Morgan fingerprint density at radius 3 is 2.40 bits per heavy atom. The van der Waals surface area contributed by atoms with Gasteiger partial charge in [-0.25, -0.2) is 0 Å². The van der Waals surface area contributed by atoms with Gasteiger partial charge in [-0.05, 0) is 54.2 Å². The first kappa shape index (κ1) is 13.3. The highest BCUT2D eigenvalue weighted by molar-refractivity contribution is 5.51. The third-order valence-electron chi connectivity index (χ3n) is 4.61. The summed E-state index contributed by atoms with van der Waals surface area (Å²) in [6.45, 7) is 6.25. The largest absolute Gasteiger partial charge is 0.380 e. The van der Waals surface area contributed by atoms with Crippen LogP contribution in [-0.4, -0.2) is 5.11 Å². The minimum absolute atomic E-state index is 0.0998. The number of aliphatic hydroxyl groups is 1. The Kier molecular flexibility index (Phi) is 2.96. The fourth-order valence-corrected chi connectivity index (χ4v) is 3.40. The molecule has 20 heavy (non-hydrogen) atoms. The molecule has 2 heteroatoms. The summed E-state index contributed by atoms with van der Waals surface area (Å²) in [5, 5.41) is 11.3. The Hall–Kier alpha value is -1.64. The van der Waals surface area contributed by atoms with Crippen molar-refractivity contribution in [2.24, 2.45) is 5.73 Å². The summed E-state index contributed by atoms with van der Waals surface area (Å²) >= 11 is 0. The fourth-order valence-electron chi connectivity index (χ4n) is 3.40. The summed E-state index contributed by atoms with van der Waals surface area (Å²) in [7, 11) is 0. The lowest BCUT2D eigenvalue weighted by molar-refractivity contribution is 0.0769. The minimum atomic E-state index is -0.960. The third-order valence-corrected chi connectivity index (χ3v) is 4.61. The van der Waals surface area contributed by atoms with Crippen LogP contribution in [0.3, 0.4) is 0 Å². The maximum absolute atomic E-state index is 11.3. The van der Waals surface area contributed by atoms with Gasteiger partial charge in [0.15, 0.2) is 0 Å². The molecule has 0 aromatic heterocycles. The summed E-state index contributed by atoms with van der Waals surface area (Å²) < 4.78 is 0. The maximum atomic E-state index is 11.3. The van der Waals surface area contributed by atoms with Gasteiger partial charge >= 0.3 is 0 Å². The molecular weight excluding hydrogens is 246 g/mol. The Labute approximate surface area is 120 Å². The highest BCUT2D eigenvalue weighted by Gasteiger charge is 2.43. The monoisotopic (exact) mass is 267 g/mol. The van der Waals surface area contributed by atoms with E-state index in [0.717, 1.165) is 22.3 Å². The molecule has 1 aliphatic rings. The van der Waals surface area contributed by atoms with Gasteiger partial charge in [0.2, 0.25) is 0 Å². The molecule has 0 aliphatic heterocycles. The molecule has 1 aliphatic carbocycles. The lowest BCUT2D eigenvalue weighted by atomic mass is 9.83. The molecule has 0 saturated carbocycles. The summed E-state index contributed by atoms with van der Waals surface area (Å²) in [4.78, 5) is 0. The van der Waals surface area contributed by atoms with Gasteiger partial charge in [-0.3, -0.25) is 0 Å². The Balaban J connectivity index is 2.23. The van der Waals surface area contributed by atoms with Crippen molar-refractivity contribution < 1.29 is 5.11 Å². The van der Waals surface area contributed by atoms with Gasteiger partial charge in [0, 0.05) is 12.5 Å². The second-order valence-electron chi connectivity index (χ2n) is 6.01. The van der Waals surface area contributed by atoms with Crippen molar-refractivity contribution in [3.63, 3.8) is 0 Å². The van der Waals surface area contributed by atoms with E-state index >= 15 is 0 Å². The molecule has 104 valence electrons. The first-order valence-electron chi connectivity index (χ1n) is 7.09. The predicted octanol–water partition coefficient (Wildman–Crippen LogP) is 3.25. The van der Waals surface area contributed by atoms with Gasteiger partial charge in [0.25, 0.3) is 0 Å². The molecule has 0 saturated heterocycles. The van der Waals surface area contributed by atoms with Crippen molar-refractivity contribution in [3.8, 4) is 0 Å². The number of fused-ring (bicyclic) bond motifs is 1. The first-order valence-corrected chi connectivity index (χ1v) is 7.09. The molecule has 0 bridgehead atoms. The minimum Gasteiger partial charge on any atom is -0.380 e. The van der Waals surface area contributed by atoms with E-state index in [0.29, 0.717) is 6.42 Å². The van der Waals surface area contributed by atoms with Crippen LogP contribution in [0.2, 0.25) is 0 Å². The van der Waals surface area contributed by atoms with Crippen molar-refractivity contribution in [1.82, 2.24) is 0 Å². The number of hydrogen-bond donors (Lipinski definition) is 2. The zero-order valence-electron chi connectivity index (χ0n) is 12.3. The molecule has 0 spiro atoms. The standard InChI is InChI=1S/C18H21NO/c1-11-8-13(3)16(9-12(11)2)18(20)10-17(19)14-6-4-5-7-15(14)18/h4-9,17,20H,10,19H2,1-3H3. The summed E-state index contributed by atoms with van der Waals surface area (Å²) in [5.74, 6) is 0. The quantitative estimate of drug-likeness (QED) is 0.833. The maximum Gasteiger partial charge on any atom is 0.117 e. The lowest BCUT2D eigenvalue weighted by Gasteiger charge is -2.27. The van der Waals surface area contributed by atoms with E-state index in [4.69, 9.17) is 5.73 Å². The Morgan fingerprint density at radius 1 is 1.00 bits per heavy atom. The van der Waals surface area contributed by atoms with Crippen molar-refractivity contribution in [2.45, 2.75) is 38.8 Å². The topological polar surface area (TPSA) is 46.2 Å². The number of rotatable bonds is 1. The SMILES string of the molecule is Cc1cc(C)c(C2(O)CC(N)c3ccccc32)cc1C. The van der Waals surface area contributed by atoms with Gasteiger partial charge in [-0.2, -0.15) is 0 Å². The normalized spacial score (nSPS) is 24.8. The van der Waals surface area contributed by atoms with E-state index in [9.17, 15) is 5.11 Å². The van der Waals surface area contributed by atoms with Crippen molar-refractivity contribution >= 4 is 0 Å². The van der Waals surface area contributed by atoms with Crippen LogP contribution in [0.1, 0.15) is 45.8 Å². The Bertz CT molecular complexity index is 677. The van der Waals surface area contributed by atoms with Gasteiger partial charge < -0.3 is 10.8 Å². The second-order valence-corrected chi connectivity index (χ2v) is 6.01. The van der Waals surface area contributed by atoms with Gasteiger partial charge in [-0.15, -0.1) is 0 Å². The first-order chi connectivity index (χ1) is 9.43. The highest BCUT2D eigenvalue weighted by atomic mass is 16.3. The van der Waals surface area contributed by atoms with Gasteiger partial charge in [-0.1, -0.05) is 36.4 Å². The van der Waals surface area contributed by atoms with Crippen LogP contribution in [0, 0.1) is 20.8 Å². The molecule has 2 nitrogen and oxygen atoms in total. The highest BCUT2D eigenvalue weighted by Crippen LogP contribution is 2.47. The average molecular weight is 267 g/mol. The fraction of sp³-hybridized carbons (Fsp3) is 0.333. The molecule has 2 aromatic rings. The molecule has 2 atom stereocenters. The van der Waals surface area contributed by atoms with Crippen LogP contribution in [0.4, 0.5) is 0 Å². The summed E-state index contributed by atoms with van der Waals surface area (Å²) in [6, 6.07) is 12.1. The van der Waals surface area contributed by atoms with E-state index in [1.54, 1.807) is 0 Å². The van der Waals surface area contributed by atoms with Crippen LogP contribution in [0.5, 0.6) is 0 Å². The van der Waals surface area contributed by atoms with Crippen LogP contribution >= 0.6 is 0 Å². The van der Waals surface area contributed by atoms with Gasteiger partial charge in [0.1, 0.15) is 5.60 Å². The van der Waals surface area contributed by atoms with E-state index in [1.807, 2.05) is 24.3 Å². The molecule has 0 fully saturated rings. The molecular formula is C18H21NO. The molecule has 3 rings (SSSR count). The van der Waals surface area contributed by atoms with Crippen molar-refractivity contribution in [3.05, 3.63) is 69.8 Å². The molecule has 0 radical (unpaired) electrons. The van der Waals surface area contributed by atoms with E-state index in [2.05, 4.69) is 32.9 Å². The second kappa shape index (κ2) is 4.44. The van der Waals surface area contributed by atoms with E-state index < -0.39 is 5.60 Å². The number of benzene rings is 2. The molecule has 3 N–H and O–H groups in total. The lowest BCUT2D eigenvalue weighted by Crippen LogP contribution is -2.26. The van der Waals surface area contributed by atoms with E-state index in [1.165, 1.54) is 11.1 Å². The van der Waals surface area contributed by atoms with Crippen LogP contribution < -0.4 is 5.73 Å². The van der Waals surface area contributed by atoms with Crippen molar-refractivity contribution in [2.75, 3.05) is 0 Å². The third kappa shape index (κ3) is 1.80. The Morgan fingerprint density at radius 2 is 1.65 bits per heavy atom. The molecule has 0 amide bonds. The molecule has 0 heterocycles. The predicted molar refractivity (Wildman–Crippen MR) is 81.6 cm³/mol. The molecule has 2 unspecified atom stereocenters. The summed E-state index contributed by atoms with van der Waals surface area (Å²) in [6.07, 6.45) is 0.551. The van der Waals surface area contributed by atoms with Gasteiger partial charge in [0.05, 0.1) is 0 Å². The summed E-state index contributed by atoms with van der Waals surface area (Å²) in [5.41, 5.74) is 11.8. The van der Waals surface area contributed by atoms with Crippen LogP contribution in [-0.2, 0) is 5.60 Å². The average Bonchev–Trinajstić information content (AvgIpc) is 2.67. The van der Waals surface area contributed by atoms with Crippen LogP contribution in [0.15, 0.2) is 36.4 Å². The number of nitrogens with two attached hydrogens (primary N) is 1. The number of hydrogen-bond acceptors (Lipinski definition) is 2. The zero-order valence-corrected chi connectivity index (χ0v) is 12.3. The van der Waals surface area contributed by atoms with Crippen molar-refractivity contribution in [1.29, 1.82) is 0 Å². The zero-order chi connectivity index (χ0) is 14.5. The van der Waals surface area contributed by atoms with Crippen LogP contribution in [0.25, 0.3) is 0 Å². The number of aryl methyl sites for hydroxylation is 3. The van der Waals surface area contributed by atoms with E-state index in [-0.39, 0.29) is 6.04 Å². The smallest absolute Gasteiger partial charge is 0.117 e.